The second-order valence-electron chi connectivity index (χ2n) is 10.9. The van der Waals surface area contributed by atoms with E-state index in [1.54, 1.807) is 26.8 Å². The summed E-state index contributed by atoms with van der Waals surface area (Å²) in [5.74, 6) is -1.96. The zero-order valence-electron chi connectivity index (χ0n) is 21.7. The SMILES string of the molecule is CCOC(=O)OCC(=O)[C@@]1(OC(=O)OCC)CC[C@H]2[C@@H]3C[C@H](F)C4=CC(=O)C=C[C@]4(C)[C@H]3C(O)C[C@@]21C. The van der Waals surface area contributed by atoms with E-state index in [0.717, 1.165) is 0 Å². The summed E-state index contributed by atoms with van der Waals surface area (Å²) in [4.78, 5) is 50.0. The molecule has 1 unspecified atom stereocenters. The molecule has 8 atom stereocenters. The lowest BCUT2D eigenvalue weighted by Gasteiger charge is -2.60. The Balaban J connectivity index is 1.71. The number of carbonyl (C=O) groups excluding carboxylic acids is 4. The van der Waals surface area contributed by atoms with Crippen LogP contribution in [0.25, 0.3) is 0 Å². The van der Waals surface area contributed by atoms with Gasteiger partial charge in [-0.15, -0.1) is 0 Å². The van der Waals surface area contributed by atoms with Crippen LogP contribution in [0.4, 0.5) is 14.0 Å². The number of aliphatic hydroxyl groups excluding tert-OH is 1. The van der Waals surface area contributed by atoms with E-state index in [-0.39, 0.29) is 50.1 Å². The number of ether oxygens (including phenoxy) is 4. The van der Waals surface area contributed by atoms with Crippen LogP contribution >= 0.6 is 0 Å². The fourth-order valence-corrected chi connectivity index (χ4v) is 7.70. The molecule has 0 spiro atoms. The molecular weight excluding hydrogens is 487 g/mol. The largest absolute Gasteiger partial charge is 0.509 e. The summed E-state index contributed by atoms with van der Waals surface area (Å²) in [6, 6.07) is 0. The van der Waals surface area contributed by atoms with Crippen LogP contribution in [0.2, 0.25) is 0 Å². The summed E-state index contributed by atoms with van der Waals surface area (Å²) in [6.07, 6.45) is 0.711. The predicted molar refractivity (Wildman–Crippen MR) is 127 cm³/mol. The van der Waals surface area contributed by atoms with E-state index in [2.05, 4.69) is 0 Å². The molecule has 0 saturated heterocycles. The van der Waals surface area contributed by atoms with Crippen molar-refractivity contribution in [2.24, 2.45) is 28.6 Å². The van der Waals surface area contributed by atoms with Gasteiger partial charge in [-0.2, -0.15) is 0 Å². The van der Waals surface area contributed by atoms with Gasteiger partial charge in [0.05, 0.1) is 19.3 Å². The molecule has 4 aliphatic carbocycles. The van der Waals surface area contributed by atoms with Crippen molar-refractivity contribution < 1.29 is 47.6 Å². The number of carbonyl (C=O) groups is 4. The lowest BCUT2D eigenvalue weighted by atomic mass is 9.46. The minimum Gasteiger partial charge on any atom is -0.435 e. The average Bonchev–Trinajstić information content (AvgIpc) is 3.11. The zero-order chi connectivity index (χ0) is 27.2. The highest BCUT2D eigenvalue weighted by Crippen LogP contribution is 2.68. The van der Waals surface area contributed by atoms with Gasteiger partial charge in [-0.1, -0.05) is 19.9 Å². The van der Waals surface area contributed by atoms with Gasteiger partial charge in [-0.3, -0.25) is 9.59 Å². The normalized spacial score (nSPS) is 40.0. The van der Waals surface area contributed by atoms with Crippen LogP contribution in [0.15, 0.2) is 23.8 Å². The Morgan fingerprint density at radius 1 is 1.11 bits per heavy atom. The number of allylic oxidation sites excluding steroid dienone is 4. The highest BCUT2D eigenvalue weighted by Gasteiger charge is 2.71. The standard InChI is InChI=1S/C27H35FO9/c1-5-34-23(32)36-14-21(31)27(37-24(33)35-6-2)10-8-17-16-12-19(28)18-11-15(29)7-9-25(18,3)22(16)20(30)13-26(17,27)4/h7,9,11,16-17,19-20,22,30H,5-6,8,10,12-14H2,1-4H3/t16-,17-,19-,20?,22+,25-,26-,27-/m0/s1. The Labute approximate surface area is 215 Å². The molecule has 10 heteroatoms. The van der Waals surface area contributed by atoms with Gasteiger partial charge in [-0.25, -0.2) is 14.0 Å². The molecule has 0 aromatic carbocycles. The van der Waals surface area contributed by atoms with E-state index in [9.17, 15) is 24.3 Å². The molecule has 3 fully saturated rings. The van der Waals surface area contributed by atoms with Crippen molar-refractivity contribution in [2.45, 2.75) is 71.3 Å². The van der Waals surface area contributed by atoms with E-state index in [4.69, 9.17) is 18.9 Å². The van der Waals surface area contributed by atoms with Crippen LogP contribution in [-0.2, 0) is 28.5 Å². The van der Waals surface area contributed by atoms with Crippen LogP contribution < -0.4 is 0 Å². The predicted octanol–water partition coefficient (Wildman–Crippen LogP) is 3.87. The fraction of sp³-hybridized carbons (Fsp3) is 0.704. The number of Topliss-reactive ketones (excluding diaryl/α,β-unsaturated/α-hetero) is 1. The topological polar surface area (TPSA) is 125 Å². The van der Waals surface area contributed by atoms with Crippen molar-refractivity contribution in [1.29, 1.82) is 0 Å². The molecule has 1 N–H and O–H groups in total. The number of rotatable bonds is 6. The minimum absolute atomic E-state index is 0.0257. The van der Waals surface area contributed by atoms with Gasteiger partial charge in [0.1, 0.15) is 6.17 Å². The Hall–Kier alpha value is -2.75. The number of alkyl halides is 1. The molecule has 3 saturated carbocycles. The molecule has 0 heterocycles. The smallest absolute Gasteiger partial charge is 0.435 e. The number of fused-ring (bicyclic) bond motifs is 5. The maximum Gasteiger partial charge on any atom is 0.509 e. The Morgan fingerprint density at radius 3 is 2.46 bits per heavy atom. The maximum atomic E-state index is 15.6. The zero-order valence-corrected chi connectivity index (χ0v) is 21.7. The van der Waals surface area contributed by atoms with Crippen LogP contribution in [0.5, 0.6) is 0 Å². The first-order chi connectivity index (χ1) is 17.4. The second-order valence-corrected chi connectivity index (χ2v) is 10.9. The molecule has 0 aromatic rings. The summed E-state index contributed by atoms with van der Waals surface area (Å²) in [5, 5.41) is 11.6. The summed E-state index contributed by atoms with van der Waals surface area (Å²) in [7, 11) is 0. The molecule has 204 valence electrons. The first-order valence-electron chi connectivity index (χ1n) is 12.9. The Morgan fingerprint density at radius 2 is 1.78 bits per heavy atom. The van der Waals surface area contributed by atoms with E-state index >= 15 is 4.39 Å². The summed E-state index contributed by atoms with van der Waals surface area (Å²) >= 11 is 0. The van der Waals surface area contributed by atoms with Gasteiger partial charge in [0.2, 0.25) is 5.78 Å². The summed E-state index contributed by atoms with van der Waals surface area (Å²) in [6.45, 7) is 6.21. The average molecular weight is 523 g/mol. The Bertz CT molecular complexity index is 1040. The van der Waals surface area contributed by atoms with Crippen LogP contribution in [-0.4, -0.2) is 66.7 Å². The Kier molecular flexibility index (Phi) is 7.27. The van der Waals surface area contributed by atoms with Crippen molar-refractivity contribution in [1.82, 2.24) is 0 Å². The van der Waals surface area contributed by atoms with E-state index in [1.807, 2.05) is 6.92 Å². The van der Waals surface area contributed by atoms with Gasteiger partial charge < -0.3 is 24.1 Å². The van der Waals surface area contributed by atoms with Crippen LogP contribution in [0.3, 0.4) is 0 Å². The number of aliphatic hydroxyl groups is 1. The van der Waals surface area contributed by atoms with Gasteiger partial charge in [0.15, 0.2) is 18.0 Å². The molecule has 0 aromatic heterocycles. The first kappa shape index (κ1) is 27.3. The van der Waals surface area contributed by atoms with Gasteiger partial charge in [-0.05, 0) is 69.1 Å². The van der Waals surface area contributed by atoms with Crippen molar-refractivity contribution in [3.63, 3.8) is 0 Å². The van der Waals surface area contributed by atoms with Crippen molar-refractivity contribution in [3.05, 3.63) is 23.8 Å². The minimum atomic E-state index is -1.75. The highest BCUT2D eigenvalue weighted by molar-refractivity contribution is 6.01. The lowest BCUT2D eigenvalue weighted by Crippen LogP contribution is -2.64. The fourth-order valence-electron chi connectivity index (χ4n) is 7.70. The van der Waals surface area contributed by atoms with E-state index in [1.165, 1.54) is 12.2 Å². The second kappa shape index (κ2) is 9.85. The molecule has 9 nitrogen and oxygen atoms in total. The quantitative estimate of drug-likeness (QED) is 0.518. The number of halogens is 1. The molecule has 4 rings (SSSR count). The van der Waals surface area contributed by atoms with Gasteiger partial charge >= 0.3 is 12.3 Å². The summed E-state index contributed by atoms with van der Waals surface area (Å²) in [5.41, 5.74) is -3.32. The van der Waals surface area contributed by atoms with Crippen molar-refractivity contribution in [3.8, 4) is 0 Å². The summed E-state index contributed by atoms with van der Waals surface area (Å²) < 4.78 is 36.1. The first-order valence-corrected chi connectivity index (χ1v) is 12.9. The maximum absolute atomic E-state index is 15.6. The monoisotopic (exact) mass is 522 g/mol. The molecule has 0 bridgehead atoms. The van der Waals surface area contributed by atoms with Gasteiger partial charge in [0, 0.05) is 16.7 Å². The van der Waals surface area contributed by atoms with Crippen molar-refractivity contribution >= 4 is 23.9 Å². The third kappa shape index (κ3) is 4.27. The molecule has 4 aliphatic rings. The number of hydrogen-bond acceptors (Lipinski definition) is 9. The van der Waals surface area contributed by atoms with Crippen LogP contribution in [0.1, 0.15) is 53.4 Å². The van der Waals surface area contributed by atoms with Crippen LogP contribution in [0, 0.1) is 28.6 Å². The molecule has 0 aliphatic heterocycles. The molecule has 0 amide bonds. The van der Waals surface area contributed by atoms with E-state index in [0.29, 0.717) is 12.0 Å². The molecular formula is C27H35FO9. The van der Waals surface area contributed by atoms with Crippen molar-refractivity contribution in [2.75, 3.05) is 19.8 Å². The van der Waals surface area contributed by atoms with E-state index < -0.39 is 59.3 Å². The molecule has 0 radical (unpaired) electrons. The number of hydrogen-bond donors (Lipinski definition) is 1. The molecule has 37 heavy (non-hydrogen) atoms. The third-order valence-electron chi connectivity index (χ3n) is 9.15. The highest BCUT2D eigenvalue weighted by atomic mass is 19.1. The number of ketones is 2. The lowest BCUT2D eigenvalue weighted by molar-refractivity contribution is -0.186. The third-order valence-corrected chi connectivity index (χ3v) is 9.15. The van der Waals surface area contributed by atoms with Gasteiger partial charge in [0.25, 0.3) is 0 Å².